The van der Waals surface area contributed by atoms with Crippen LogP contribution in [0.5, 0.6) is 5.75 Å². The predicted molar refractivity (Wildman–Crippen MR) is 106 cm³/mol. The number of benzene rings is 2. The van der Waals surface area contributed by atoms with E-state index in [9.17, 15) is 8.42 Å². The van der Waals surface area contributed by atoms with Crippen LogP contribution in [0, 0.1) is 13.8 Å². The Morgan fingerprint density at radius 3 is 2.05 bits per heavy atom. The van der Waals surface area contributed by atoms with Gasteiger partial charge in [0.25, 0.3) is 0 Å². The maximum absolute atomic E-state index is 12.8. The van der Waals surface area contributed by atoms with E-state index in [0.717, 1.165) is 16.7 Å². The van der Waals surface area contributed by atoms with Crippen molar-refractivity contribution >= 4 is 55.3 Å². The average Bonchev–Trinajstić information content (AvgIpc) is 2.48. The molecule has 2 aromatic rings. The third-order valence-electron chi connectivity index (χ3n) is 3.32. The number of alkyl halides is 2. The Hall–Kier alpha value is -0.350. The van der Waals surface area contributed by atoms with E-state index in [2.05, 4.69) is 45.2 Å². The van der Waals surface area contributed by atoms with Gasteiger partial charge < -0.3 is 4.18 Å². The SMILES string of the molecule is Cc1cccc(CI)c1OS(=O)(=O)c1c(C)cccc1CI. The van der Waals surface area contributed by atoms with Crippen LogP contribution < -0.4 is 4.18 Å². The van der Waals surface area contributed by atoms with Crippen molar-refractivity contribution in [2.45, 2.75) is 27.6 Å². The first-order valence-electron chi connectivity index (χ1n) is 6.64. The number of hydrogen-bond donors (Lipinski definition) is 0. The van der Waals surface area contributed by atoms with Crippen molar-refractivity contribution in [1.82, 2.24) is 0 Å². The highest BCUT2D eigenvalue weighted by atomic mass is 127. The Balaban J connectivity index is 2.55. The lowest BCUT2D eigenvalue weighted by Crippen LogP contribution is -2.15. The van der Waals surface area contributed by atoms with Crippen LogP contribution in [0.3, 0.4) is 0 Å². The molecule has 0 bridgehead atoms. The van der Waals surface area contributed by atoms with E-state index in [1.54, 1.807) is 13.0 Å². The third kappa shape index (κ3) is 3.76. The summed E-state index contributed by atoms with van der Waals surface area (Å²) in [5.41, 5.74) is 3.18. The molecule has 0 atom stereocenters. The van der Waals surface area contributed by atoms with Gasteiger partial charge in [0.2, 0.25) is 0 Å². The lowest BCUT2D eigenvalue weighted by atomic mass is 10.1. The monoisotopic (exact) mass is 542 g/mol. The van der Waals surface area contributed by atoms with Gasteiger partial charge in [0.1, 0.15) is 10.6 Å². The number of para-hydroxylation sites is 1. The van der Waals surface area contributed by atoms with E-state index in [1.165, 1.54) is 0 Å². The Bertz CT molecular complexity index is 786. The second-order valence-electron chi connectivity index (χ2n) is 4.93. The number of hydrogen-bond acceptors (Lipinski definition) is 3. The fourth-order valence-electron chi connectivity index (χ4n) is 2.27. The van der Waals surface area contributed by atoms with Crippen LogP contribution in [0.1, 0.15) is 22.3 Å². The lowest BCUT2D eigenvalue weighted by molar-refractivity contribution is 0.481. The summed E-state index contributed by atoms with van der Waals surface area (Å²) in [5.74, 6) is 0.444. The van der Waals surface area contributed by atoms with Gasteiger partial charge in [0.05, 0.1) is 0 Å². The third-order valence-corrected chi connectivity index (χ3v) is 6.43. The van der Waals surface area contributed by atoms with E-state index >= 15 is 0 Å². The van der Waals surface area contributed by atoms with Crippen LogP contribution in [0.15, 0.2) is 41.3 Å². The molecule has 0 amide bonds. The van der Waals surface area contributed by atoms with Gasteiger partial charge in [-0.2, -0.15) is 8.42 Å². The molecule has 3 nitrogen and oxygen atoms in total. The molecule has 0 aliphatic heterocycles. The van der Waals surface area contributed by atoms with Gasteiger partial charge in [0.15, 0.2) is 0 Å². The van der Waals surface area contributed by atoms with E-state index in [0.29, 0.717) is 20.2 Å². The van der Waals surface area contributed by atoms with Crippen molar-refractivity contribution in [2.24, 2.45) is 0 Å². The van der Waals surface area contributed by atoms with Gasteiger partial charge in [-0.3, -0.25) is 0 Å². The molecule has 0 heterocycles. The molecule has 0 saturated carbocycles. The maximum atomic E-state index is 12.8. The largest absolute Gasteiger partial charge is 0.378 e. The molecule has 0 fully saturated rings. The van der Waals surface area contributed by atoms with Crippen LogP contribution in [0.25, 0.3) is 0 Å². The summed E-state index contributed by atoms with van der Waals surface area (Å²) in [6.07, 6.45) is 0. The zero-order valence-electron chi connectivity index (χ0n) is 12.3. The van der Waals surface area contributed by atoms with Gasteiger partial charge in [-0.25, -0.2) is 0 Å². The van der Waals surface area contributed by atoms with Crippen molar-refractivity contribution in [1.29, 1.82) is 0 Å². The minimum absolute atomic E-state index is 0.284. The van der Waals surface area contributed by atoms with Crippen LogP contribution >= 0.6 is 45.2 Å². The highest BCUT2D eigenvalue weighted by molar-refractivity contribution is 14.1. The molecule has 22 heavy (non-hydrogen) atoms. The van der Waals surface area contributed by atoms with Crippen LogP contribution in [-0.2, 0) is 19.0 Å². The summed E-state index contributed by atoms with van der Waals surface area (Å²) in [6, 6.07) is 11.1. The number of rotatable bonds is 5. The summed E-state index contributed by atoms with van der Waals surface area (Å²) in [7, 11) is -3.85. The first-order chi connectivity index (χ1) is 10.4. The summed E-state index contributed by atoms with van der Waals surface area (Å²) in [5, 5.41) is 0. The predicted octanol–water partition coefficient (Wildman–Crippen LogP) is 4.94. The van der Waals surface area contributed by atoms with Crippen molar-refractivity contribution < 1.29 is 12.6 Å². The molecule has 0 aromatic heterocycles. The molecule has 2 rings (SSSR count). The molecule has 0 aliphatic carbocycles. The molecule has 118 valence electrons. The summed E-state index contributed by atoms with van der Waals surface area (Å²) in [6.45, 7) is 3.65. The minimum atomic E-state index is -3.85. The highest BCUT2D eigenvalue weighted by Crippen LogP contribution is 2.31. The van der Waals surface area contributed by atoms with E-state index < -0.39 is 10.1 Å². The van der Waals surface area contributed by atoms with Gasteiger partial charge in [-0.1, -0.05) is 81.6 Å². The molecule has 0 radical (unpaired) electrons. The summed E-state index contributed by atoms with van der Waals surface area (Å²) < 4.78 is 32.4. The van der Waals surface area contributed by atoms with Gasteiger partial charge in [-0.15, -0.1) is 0 Å². The van der Waals surface area contributed by atoms with Crippen molar-refractivity contribution in [3.8, 4) is 5.75 Å². The first kappa shape index (κ1) is 18.0. The zero-order valence-corrected chi connectivity index (χ0v) is 17.4. The normalized spacial score (nSPS) is 11.5. The van der Waals surface area contributed by atoms with E-state index in [4.69, 9.17) is 4.18 Å². The molecule has 2 aromatic carbocycles. The topological polar surface area (TPSA) is 43.4 Å². The highest BCUT2D eigenvalue weighted by Gasteiger charge is 2.24. The molecule has 0 spiro atoms. The van der Waals surface area contributed by atoms with Crippen molar-refractivity contribution in [3.63, 3.8) is 0 Å². The molecular weight excluding hydrogens is 526 g/mol. The van der Waals surface area contributed by atoms with E-state index in [-0.39, 0.29) is 4.90 Å². The Labute approximate surface area is 158 Å². The lowest BCUT2D eigenvalue weighted by Gasteiger charge is -2.16. The average molecular weight is 542 g/mol. The molecule has 0 N–H and O–H groups in total. The van der Waals surface area contributed by atoms with Crippen LogP contribution in [-0.4, -0.2) is 8.42 Å². The maximum Gasteiger partial charge on any atom is 0.339 e. The summed E-state index contributed by atoms with van der Waals surface area (Å²) in [4.78, 5) is 0.284. The first-order valence-corrected chi connectivity index (χ1v) is 11.1. The summed E-state index contributed by atoms with van der Waals surface area (Å²) >= 11 is 4.37. The van der Waals surface area contributed by atoms with Crippen molar-refractivity contribution in [3.05, 3.63) is 58.7 Å². The van der Waals surface area contributed by atoms with Crippen LogP contribution in [0.4, 0.5) is 0 Å². The van der Waals surface area contributed by atoms with Gasteiger partial charge in [-0.05, 0) is 30.5 Å². The van der Waals surface area contributed by atoms with Crippen molar-refractivity contribution in [2.75, 3.05) is 0 Å². The van der Waals surface area contributed by atoms with E-state index in [1.807, 2.05) is 37.3 Å². The quantitative estimate of drug-likeness (QED) is 0.306. The van der Waals surface area contributed by atoms with Crippen LogP contribution in [0.2, 0.25) is 0 Å². The minimum Gasteiger partial charge on any atom is -0.378 e. The standard InChI is InChI=1S/C16H16I2O3S/c1-11-5-3-7-13(9-17)15(11)21-22(19,20)16-12(2)6-4-8-14(16)10-18/h3-8H,9-10H2,1-2H3. The molecular formula is C16H16I2O3S. The molecule has 6 heteroatoms. The fraction of sp³-hybridized carbons (Fsp3) is 0.250. The Kier molecular flexibility index (Phi) is 6.12. The Morgan fingerprint density at radius 2 is 1.45 bits per heavy atom. The molecule has 0 unspecified atom stereocenters. The molecule has 0 aliphatic rings. The second kappa shape index (κ2) is 7.48. The number of aryl methyl sites for hydroxylation is 2. The second-order valence-corrected chi connectivity index (χ2v) is 7.94. The smallest absolute Gasteiger partial charge is 0.339 e. The fourth-order valence-corrected chi connectivity index (χ4v) is 5.23. The zero-order chi connectivity index (χ0) is 16.3. The van der Waals surface area contributed by atoms with Gasteiger partial charge >= 0.3 is 10.1 Å². The Morgan fingerprint density at radius 1 is 0.909 bits per heavy atom. The number of halogens is 2. The van der Waals surface area contributed by atoms with Gasteiger partial charge in [0, 0.05) is 14.4 Å². The molecule has 0 saturated heterocycles.